The number of rotatable bonds is 5. The van der Waals surface area contributed by atoms with Gasteiger partial charge in [0.1, 0.15) is 5.75 Å². The van der Waals surface area contributed by atoms with Crippen molar-refractivity contribution in [2.45, 2.75) is 12.7 Å². The lowest BCUT2D eigenvalue weighted by Crippen LogP contribution is -2.28. The summed E-state index contributed by atoms with van der Waals surface area (Å²) in [4.78, 5) is 11.9. The van der Waals surface area contributed by atoms with E-state index in [0.717, 1.165) is 0 Å². The van der Waals surface area contributed by atoms with E-state index in [1.807, 2.05) is 0 Å². The average molecular weight is 368 g/mol. The monoisotopic (exact) mass is 368 g/mol. The van der Waals surface area contributed by atoms with Gasteiger partial charge in [-0.1, -0.05) is 12.1 Å². The van der Waals surface area contributed by atoms with Gasteiger partial charge in [0.05, 0.1) is 0 Å². The van der Waals surface area contributed by atoms with Crippen LogP contribution in [-0.2, 0) is 6.54 Å². The lowest BCUT2D eigenvalue weighted by molar-refractivity contribution is -0.153. The van der Waals surface area contributed by atoms with Crippen LogP contribution in [0.3, 0.4) is 0 Å². The summed E-state index contributed by atoms with van der Waals surface area (Å²) in [7, 11) is 0. The number of carbonyl (C=O) groups is 1. The highest BCUT2D eigenvalue weighted by Gasteiger charge is 2.28. The zero-order valence-electron chi connectivity index (χ0n) is 13.4. The second-order valence-corrected chi connectivity index (χ2v) is 5.42. The van der Waals surface area contributed by atoms with Crippen LogP contribution < -0.4 is 24.8 Å². The molecule has 26 heavy (non-hydrogen) atoms. The van der Waals surface area contributed by atoms with E-state index in [-0.39, 0.29) is 19.1 Å². The average Bonchev–Trinajstić information content (AvgIpc) is 3.06. The minimum atomic E-state index is -4.38. The van der Waals surface area contributed by atoms with Crippen LogP contribution in [0.4, 0.5) is 23.7 Å². The normalized spacial score (nSPS) is 12.6. The van der Waals surface area contributed by atoms with E-state index >= 15 is 0 Å². The molecule has 3 rings (SSSR count). The highest BCUT2D eigenvalue weighted by Crippen LogP contribution is 2.34. The number of ether oxygens (including phenoxy) is 3. The third-order valence-electron chi connectivity index (χ3n) is 3.41. The van der Waals surface area contributed by atoms with E-state index in [1.165, 1.54) is 12.1 Å². The molecule has 1 heterocycles. The summed E-state index contributed by atoms with van der Waals surface area (Å²) in [6, 6.07) is 10.6. The quantitative estimate of drug-likeness (QED) is 0.845. The van der Waals surface area contributed by atoms with Crippen molar-refractivity contribution in [2.24, 2.45) is 0 Å². The topological polar surface area (TPSA) is 68.8 Å². The maximum atomic E-state index is 12.1. The zero-order valence-corrected chi connectivity index (χ0v) is 13.4. The van der Waals surface area contributed by atoms with Crippen molar-refractivity contribution in [1.82, 2.24) is 5.32 Å². The molecule has 2 aromatic carbocycles. The second kappa shape index (κ2) is 7.42. The van der Waals surface area contributed by atoms with Gasteiger partial charge in [0, 0.05) is 18.3 Å². The summed E-state index contributed by atoms with van der Waals surface area (Å²) in [6.07, 6.45) is -4.38. The first kappa shape index (κ1) is 17.7. The molecule has 0 spiro atoms. The van der Waals surface area contributed by atoms with Crippen molar-refractivity contribution in [3.05, 3.63) is 48.0 Å². The minimum Gasteiger partial charge on any atom is -0.484 e. The van der Waals surface area contributed by atoms with Crippen LogP contribution in [0.15, 0.2) is 42.5 Å². The molecule has 0 aliphatic carbocycles. The van der Waals surface area contributed by atoms with Crippen molar-refractivity contribution in [2.75, 3.05) is 18.7 Å². The smallest absolute Gasteiger partial charge is 0.422 e. The summed E-state index contributed by atoms with van der Waals surface area (Å²) in [5, 5.41) is 5.30. The summed E-state index contributed by atoms with van der Waals surface area (Å²) < 4.78 is 51.3. The van der Waals surface area contributed by atoms with Gasteiger partial charge in [-0.15, -0.1) is 0 Å². The van der Waals surface area contributed by atoms with Gasteiger partial charge < -0.3 is 24.8 Å². The van der Waals surface area contributed by atoms with Gasteiger partial charge in [-0.25, -0.2) is 4.79 Å². The molecule has 138 valence electrons. The Hall–Kier alpha value is -3.10. The van der Waals surface area contributed by atoms with Crippen LogP contribution in [0.5, 0.6) is 17.2 Å². The standard InChI is InChI=1S/C17H15F3N2O4/c18-17(19,20)9-24-13-4-1-11(2-5-13)8-21-16(23)22-12-3-6-14-15(7-12)26-10-25-14/h1-7H,8-10H2,(H2,21,22,23). The summed E-state index contributed by atoms with van der Waals surface area (Å²) in [6.45, 7) is -0.994. The van der Waals surface area contributed by atoms with Crippen molar-refractivity contribution < 1.29 is 32.2 Å². The molecule has 0 bridgehead atoms. The molecular formula is C17H15F3N2O4. The molecule has 0 fully saturated rings. The van der Waals surface area contributed by atoms with Crippen molar-refractivity contribution in [1.29, 1.82) is 0 Å². The van der Waals surface area contributed by atoms with E-state index in [9.17, 15) is 18.0 Å². The van der Waals surface area contributed by atoms with E-state index in [2.05, 4.69) is 15.4 Å². The first-order chi connectivity index (χ1) is 12.4. The van der Waals surface area contributed by atoms with Crippen LogP contribution >= 0.6 is 0 Å². The number of amides is 2. The Bertz CT molecular complexity index is 779. The third-order valence-corrected chi connectivity index (χ3v) is 3.41. The number of urea groups is 1. The SMILES string of the molecule is O=C(NCc1ccc(OCC(F)(F)F)cc1)Nc1ccc2c(c1)OCO2. The number of hydrogen-bond donors (Lipinski definition) is 2. The Morgan fingerprint density at radius 3 is 2.54 bits per heavy atom. The molecule has 1 aliphatic rings. The van der Waals surface area contributed by atoms with Gasteiger partial charge in [0.2, 0.25) is 6.79 Å². The number of benzene rings is 2. The predicted molar refractivity (Wildman–Crippen MR) is 86.4 cm³/mol. The fourth-order valence-corrected chi connectivity index (χ4v) is 2.20. The summed E-state index contributed by atoms with van der Waals surface area (Å²) in [5.41, 5.74) is 1.26. The van der Waals surface area contributed by atoms with Crippen LogP contribution in [0, 0.1) is 0 Å². The van der Waals surface area contributed by atoms with Gasteiger partial charge >= 0.3 is 12.2 Å². The summed E-state index contributed by atoms with van der Waals surface area (Å²) >= 11 is 0. The number of alkyl halides is 3. The Morgan fingerprint density at radius 2 is 1.81 bits per heavy atom. The van der Waals surface area contributed by atoms with Gasteiger partial charge in [-0.3, -0.25) is 0 Å². The molecule has 6 nitrogen and oxygen atoms in total. The van der Waals surface area contributed by atoms with Crippen LogP contribution in [0.25, 0.3) is 0 Å². The second-order valence-electron chi connectivity index (χ2n) is 5.42. The summed E-state index contributed by atoms with van der Waals surface area (Å²) in [5.74, 6) is 1.27. The van der Waals surface area contributed by atoms with E-state index in [0.29, 0.717) is 22.7 Å². The molecule has 0 saturated heterocycles. The van der Waals surface area contributed by atoms with Crippen LogP contribution in [0.1, 0.15) is 5.56 Å². The molecule has 0 saturated carbocycles. The number of fused-ring (bicyclic) bond motifs is 1. The number of halogens is 3. The lowest BCUT2D eigenvalue weighted by Gasteiger charge is -2.10. The van der Waals surface area contributed by atoms with E-state index < -0.39 is 18.8 Å². The van der Waals surface area contributed by atoms with Crippen molar-refractivity contribution in [3.63, 3.8) is 0 Å². The zero-order chi connectivity index (χ0) is 18.6. The molecule has 0 radical (unpaired) electrons. The molecular weight excluding hydrogens is 353 g/mol. The highest BCUT2D eigenvalue weighted by molar-refractivity contribution is 5.89. The van der Waals surface area contributed by atoms with Crippen LogP contribution in [-0.4, -0.2) is 25.6 Å². The Morgan fingerprint density at radius 1 is 1.08 bits per heavy atom. The Kier molecular flexibility index (Phi) is 5.06. The fourth-order valence-electron chi connectivity index (χ4n) is 2.20. The molecule has 1 aliphatic heterocycles. The first-order valence-electron chi connectivity index (χ1n) is 7.62. The predicted octanol–water partition coefficient (Wildman–Crippen LogP) is 3.68. The molecule has 0 atom stereocenters. The maximum Gasteiger partial charge on any atom is 0.422 e. The largest absolute Gasteiger partial charge is 0.484 e. The fraction of sp³-hybridized carbons (Fsp3) is 0.235. The molecule has 2 N–H and O–H groups in total. The minimum absolute atomic E-state index is 0.107. The molecule has 0 unspecified atom stereocenters. The van der Waals surface area contributed by atoms with Gasteiger partial charge in [-0.2, -0.15) is 13.2 Å². The highest BCUT2D eigenvalue weighted by atomic mass is 19.4. The molecule has 9 heteroatoms. The number of hydrogen-bond acceptors (Lipinski definition) is 4. The van der Waals surface area contributed by atoms with Crippen molar-refractivity contribution in [3.8, 4) is 17.2 Å². The van der Waals surface area contributed by atoms with E-state index in [4.69, 9.17) is 9.47 Å². The molecule has 2 aromatic rings. The maximum absolute atomic E-state index is 12.1. The number of carbonyl (C=O) groups excluding carboxylic acids is 1. The van der Waals surface area contributed by atoms with Crippen molar-refractivity contribution >= 4 is 11.7 Å². The van der Waals surface area contributed by atoms with E-state index in [1.54, 1.807) is 30.3 Å². The Balaban J connectivity index is 1.47. The number of anilines is 1. The third kappa shape index (κ3) is 4.95. The molecule has 0 aromatic heterocycles. The van der Waals surface area contributed by atoms with Gasteiger partial charge in [-0.05, 0) is 29.8 Å². The first-order valence-corrected chi connectivity index (χ1v) is 7.62. The van der Waals surface area contributed by atoms with Crippen LogP contribution in [0.2, 0.25) is 0 Å². The number of nitrogens with one attached hydrogen (secondary N) is 2. The van der Waals surface area contributed by atoms with Gasteiger partial charge in [0.15, 0.2) is 18.1 Å². The Labute approximate surface area is 146 Å². The lowest BCUT2D eigenvalue weighted by atomic mass is 10.2. The molecule has 2 amide bonds. The van der Waals surface area contributed by atoms with Gasteiger partial charge in [0.25, 0.3) is 0 Å².